The van der Waals surface area contributed by atoms with Gasteiger partial charge in [0.05, 0.1) is 0 Å². The first-order valence-corrected chi connectivity index (χ1v) is 7.57. The molecule has 0 amide bonds. The van der Waals surface area contributed by atoms with E-state index in [1.807, 2.05) is 0 Å². The summed E-state index contributed by atoms with van der Waals surface area (Å²) in [5, 5.41) is 0. The van der Waals surface area contributed by atoms with Crippen LogP contribution in [0.5, 0.6) is 5.75 Å². The van der Waals surface area contributed by atoms with Gasteiger partial charge in [-0.05, 0) is 60.6 Å². The maximum atomic E-state index is 5.96. The van der Waals surface area contributed by atoms with Gasteiger partial charge in [-0.15, -0.1) is 0 Å². The van der Waals surface area contributed by atoms with Crippen molar-refractivity contribution in [1.29, 1.82) is 0 Å². The van der Waals surface area contributed by atoms with Crippen molar-refractivity contribution in [3.8, 4) is 5.75 Å². The summed E-state index contributed by atoms with van der Waals surface area (Å²) >= 11 is 0. The largest absolute Gasteiger partial charge is 0.489 e. The Kier molecular flexibility index (Phi) is 4.41. The van der Waals surface area contributed by atoms with Gasteiger partial charge in [-0.2, -0.15) is 0 Å². The fourth-order valence-electron chi connectivity index (χ4n) is 2.64. The normalized spacial score (nSPS) is 11.5. The smallest absolute Gasteiger partial charge is 0.119 e. The number of benzene rings is 2. The topological polar surface area (TPSA) is 9.23 Å². The lowest BCUT2D eigenvalue weighted by atomic mass is 9.87. The molecular weight excluding hydrogens is 256 g/mol. The van der Waals surface area contributed by atoms with Gasteiger partial charge < -0.3 is 4.74 Å². The highest BCUT2D eigenvalue weighted by atomic mass is 16.5. The minimum Gasteiger partial charge on any atom is -0.489 e. The van der Waals surface area contributed by atoms with Crippen molar-refractivity contribution in [1.82, 2.24) is 0 Å². The lowest BCUT2D eigenvalue weighted by Crippen LogP contribution is -2.10. The monoisotopic (exact) mass is 282 g/mol. The Hall–Kier alpha value is -1.76. The number of ether oxygens (including phenoxy) is 1. The Morgan fingerprint density at radius 1 is 0.857 bits per heavy atom. The van der Waals surface area contributed by atoms with Crippen LogP contribution in [0.2, 0.25) is 0 Å². The van der Waals surface area contributed by atoms with E-state index in [1.165, 1.54) is 27.8 Å². The van der Waals surface area contributed by atoms with E-state index in [4.69, 9.17) is 4.74 Å². The van der Waals surface area contributed by atoms with E-state index in [-0.39, 0.29) is 5.41 Å². The Labute approximate surface area is 129 Å². The molecule has 0 heterocycles. The molecule has 1 nitrogen and oxygen atoms in total. The van der Waals surface area contributed by atoms with Crippen LogP contribution in [0, 0.1) is 20.8 Å². The van der Waals surface area contributed by atoms with E-state index < -0.39 is 0 Å². The summed E-state index contributed by atoms with van der Waals surface area (Å²) in [5.74, 6) is 0.933. The van der Waals surface area contributed by atoms with Crippen molar-refractivity contribution in [2.75, 3.05) is 0 Å². The van der Waals surface area contributed by atoms with Gasteiger partial charge in [0.1, 0.15) is 12.4 Å². The first-order valence-electron chi connectivity index (χ1n) is 7.57. The van der Waals surface area contributed by atoms with Gasteiger partial charge in [0, 0.05) is 0 Å². The minimum atomic E-state index is 0.183. The standard InChI is InChI=1S/C20H26O/c1-14-11-15(2)19(16(3)12-14)13-21-18-9-7-17(8-10-18)20(4,5)6/h7-12H,13H2,1-6H3. The maximum Gasteiger partial charge on any atom is 0.119 e. The van der Waals surface area contributed by atoms with Crippen molar-refractivity contribution in [3.63, 3.8) is 0 Å². The number of hydrogen-bond donors (Lipinski definition) is 0. The Morgan fingerprint density at radius 3 is 1.86 bits per heavy atom. The molecule has 0 aromatic heterocycles. The first kappa shape index (κ1) is 15.6. The molecule has 0 atom stereocenters. The second kappa shape index (κ2) is 5.93. The number of aryl methyl sites for hydroxylation is 3. The fraction of sp³-hybridized carbons (Fsp3) is 0.400. The minimum absolute atomic E-state index is 0.183. The van der Waals surface area contributed by atoms with Gasteiger partial charge >= 0.3 is 0 Å². The van der Waals surface area contributed by atoms with Gasteiger partial charge in [0.2, 0.25) is 0 Å². The second-order valence-corrected chi connectivity index (χ2v) is 6.94. The Balaban J connectivity index is 2.10. The molecule has 0 spiro atoms. The molecule has 0 radical (unpaired) electrons. The van der Waals surface area contributed by atoms with Crippen molar-refractivity contribution in [2.45, 2.75) is 53.6 Å². The van der Waals surface area contributed by atoms with Crippen LogP contribution in [0.4, 0.5) is 0 Å². The van der Waals surface area contributed by atoms with Gasteiger partial charge in [-0.25, -0.2) is 0 Å². The summed E-state index contributed by atoms with van der Waals surface area (Å²) < 4.78 is 5.96. The van der Waals surface area contributed by atoms with Gasteiger partial charge in [-0.1, -0.05) is 50.6 Å². The van der Waals surface area contributed by atoms with E-state index in [0.29, 0.717) is 6.61 Å². The molecule has 112 valence electrons. The third kappa shape index (κ3) is 3.87. The highest BCUT2D eigenvalue weighted by Gasteiger charge is 2.13. The number of rotatable bonds is 3. The van der Waals surface area contributed by atoms with Gasteiger partial charge in [-0.3, -0.25) is 0 Å². The van der Waals surface area contributed by atoms with Crippen LogP contribution in [0.15, 0.2) is 36.4 Å². The molecule has 2 aromatic rings. The molecule has 2 rings (SSSR count). The molecule has 0 N–H and O–H groups in total. The van der Waals surface area contributed by atoms with Crippen molar-refractivity contribution < 1.29 is 4.74 Å². The van der Waals surface area contributed by atoms with Gasteiger partial charge in [0.15, 0.2) is 0 Å². The quantitative estimate of drug-likeness (QED) is 0.723. The van der Waals surface area contributed by atoms with Gasteiger partial charge in [0.25, 0.3) is 0 Å². The predicted molar refractivity (Wildman–Crippen MR) is 90.1 cm³/mol. The molecule has 0 aliphatic heterocycles. The van der Waals surface area contributed by atoms with E-state index >= 15 is 0 Å². The third-order valence-electron chi connectivity index (χ3n) is 3.94. The van der Waals surface area contributed by atoms with Crippen LogP contribution in [0.1, 0.15) is 48.6 Å². The molecule has 1 heteroatoms. The summed E-state index contributed by atoms with van der Waals surface area (Å²) in [7, 11) is 0. The zero-order valence-corrected chi connectivity index (χ0v) is 14.1. The number of hydrogen-bond acceptors (Lipinski definition) is 1. The maximum absolute atomic E-state index is 5.96. The zero-order chi connectivity index (χ0) is 15.6. The fourth-order valence-corrected chi connectivity index (χ4v) is 2.64. The molecule has 0 bridgehead atoms. The predicted octanol–water partition coefficient (Wildman–Crippen LogP) is 5.49. The van der Waals surface area contributed by atoms with E-state index in [1.54, 1.807) is 0 Å². The van der Waals surface area contributed by atoms with E-state index in [2.05, 4.69) is 77.9 Å². The molecule has 0 aliphatic rings. The SMILES string of the molecule is Cc1cc(C)c(COc2ccc(C(C)(C)C)cc2)c(C)c1. The highest BCUT2D eigenvalue weighted by Crippen LogP contribution is 2.25. The van der Waals surface area contributed by atoms with Crippen molar-refractivity contribution >= 4 is 0 Å². The molecule has 0 fully saturated rings. The Bertz CT molecular complexity index is 592. The molecule has 0 saturated carbocycles. The summed E-state index contributed by atoms with van der Waals surface area (Å²) in [4.78, 5) is 0. The summed E-state index contributed by atoms with van der Waals surface area (Å²) in [6.45, 7) is 13.7. The average molecular weight is 282 g/mol. The highest BCUT2D eigenvalue weighted by molar-refractivity contribution is 5.38. The van der Waals surface area contributed by atoms with Crippen LogP contribution in [0.25, 0.3) is 0 Å². The lowest BCUT2D eigenvalue weighted by molar-refractivity contribution is 0.304. The van der Waals surface area contributed by atoms with E-state index in [0.717, 1.165) is 5.75 Å². The summed E-state index contributed by atoms with van der Waals surface area (Å²) in [6, 6.07) is 12.9. The molecular formula is C20H26O. The molecule has 0 unspecified atom stereocenters. The van der Waals surface area contributed by atoms with Crippen molar-refractivity contribution in [3.05, 3.63) is 64.2 Å². The lowest BCUT2D eigenvalue weighted by Gasteiger charge is -2.19. The Morgan fingerprint density at radius 2 is 1.38 bits per heavy atom. The van der Waals surface area contributed by atoms with Crippen LogP contribution in [0.3, 0.4) is 0 Å². The van der Waals surface area contributed by atoms with Crippen LogP contribution in [-0.2, 0) is 12.0 Å². The molecule has 21 heavy (non-hydrogen) atoms. The van der Waals surface area contributed by atoms with Crippen LogP contribution < -0.4 is 4.74 Å². The molecule has 0 aliphatic carbocycles. The van der Waals surface area contributed by atoms with Crippen LogP contribution in [-0.4, -0.2) is 0 Å². The first-order chi connectivity index (χ1) is 9.77. The van der Waals surface area contributed by atoms with Crippen molar-refractivity contribution in [2.24, 2.45) is 0 Å². The molecule has 0 saturated heterocycles. The zero-order valence-electron chi connectivity index (χ0n) is 14.1. The van der Waals surface area contributed by atoms with Crippen LogP contribution >= 0.6 is 0 Å². The summed E-state index contributed by atoms with van der Waals surface area (Å²) in [5.41, 5.74) is 6.72. The summed E-state index contributed by atoms with van der Waals surface area (Å²) in [6.07, 6.45) is 0. The van der Waals surface area contributed by atoms with E-state index in [9.17, 15) is 0 Å². The average Bonchev–Trinajstić information content (AvgIpc) is 2.37. The third-order valence-corrected chi connectivity index (χ3v) is 3.94. The molecule has 2 aromatic carbocycles. The second-order valence-electron chi connectivity index (χ2n) is 6.94.